The summed E-state index contributed by atoms with van der Waals surface area (Å²) in [5.74, 6) is 0. The second-order valence-electron chi connectivity index (χ2n) is 5.43. The number of nitrogens with zero attached hydrogens (tertiary/aromatic N) is 2. The molecule has 21 heavy (non-hydrogen) atoms. The van der Waals surface area contributed by atoms with Gasteiger partial charge in [-0.25, -0.2) is 0 Å². The van der Waals surface area contributed by atoms with Gasteiger partial charge in [-0.15, -0.1) is 0 Å². The van der Waals surface area contributed by atoms with Crippen LogP contribution in [0.15, 0.2) is 54.7 Å². The standard InChI is InChI=1S/C18H21N3/c1-19-18(10-9-17-11-12-20-21(17)2)16-8-7-14-5-3-4-6-15(14)13-16/h3-8,11-13,18-19H,9-10H2,1-2H3. The SMILES string of the molecule is CNC(CCc1ccnn1C)c1ccc2ccccc2c1. The fourth-order valence-corrected chi connectivity index (χ4v) is 2.84. The molecule has 0 aliphatic carbocycles. The Bertz CT molecular complexity index is 730. The molecule has 0 spiro atoms. The van der Waals surface area contributed by atoms with Crippen molar-refractivity contribution in [1.29, 1.82) is 0 Å². The topological polar surface area (TPSA) is 29.9 Å². The van der Waals surface area contributed by atoms with E-state index in [1.165, 1.54) is 22.0 Å². The summed E-state index contributed by atoms with van der Waals surface area (Å²) in [4.78, 5) is 0. The van der Waals surface area contributed by atoms with E-state index in [0.29, 0.717) is 6.04 Å². The zero-order valence-corrected chi connectivity index (χ0v) is 12.6. The summed E-state index contributed by atoms with van der Waals surface area (Å²) in [6, 6.07) is 17.7. The molecule has 0 fully saturated rings. The largest absolute Gasteiger partial charge is 0.313 e. The van der Waals surface area contributed by atoms with Gasteiger partial charge in [-0.3, -0.25) is 4.68 Å². The molecular weight excluding hydrogens is 258 g/mol. The normalized spacial score (nSPS) is 12.7. The minimum atomic E-state index is 0.365. The summed E-state index contributed by atoms with van der Waals surface area (Å²) < 4.78 is 1.95. The molecule has 1 heterocycles. The van der Waals surface area contributed by atoms with Gasteiger partial charge in [0.15, 0.2) is 0 Å². The fourth-order valence-electron chi connectivity index (χ4n) is 2.84. The number of nitrogens with one attached hydrogen (secondary N) is 1. The van der Waals surface area contributed by atoms with Crippen LogP contribution in [0.5, 0.6) is 0 Å². The van der Waals surface area contributed by atoms with E-state index in [-0.39, 0.29) is 0 Å². The van der Waals surface area contributed by atoms with E-state index >= 15 is 0 Å². The number of hydrogen-bond acceptors (Lipinski definition) is 2. The molecule has 0 aliphatic rings. The molecule has 0 saturated heterocycles. The monoisotopic (exact) mass is 279 g/mol. The maximum atomic E-state index is 4.23. The average Bonchev–Trinajstić information content (AvgIpc) is 2.93. The summed E-state index contributed by atoms with van der Waals surface area (Å²) in [7, 11) is 4.03. The second kappa shape index (κ2) is 6.10. The van der Waals surface area contributed by atoms with Crippen molar-refractivity contribution in [1.82, 2.24) is 15.1 Å². The van der Waals surface area contributed by atoms with E-state index < -0.39 is 0 Å². The van der Waals surface area contributed by atoms with Gasteiger partial charge in [0.1, 0.15) is 0 Å². The van der Waals surface area contributed by atoms with E-state index in [2.05, 4.69) is 58.9 Å². The third-order valence-electron chi connectivity index (χ3n) is 4.14. The highest BCUT2D eigenvalue weighted by Gasteiger charge is 2.11. The first-order chi connectivity index (χ1) is 10.3. The molecule has 3 heteroatoms. The summed E-state index contributed by atoms with van der Waals surface area (Å²) in [6.45, 7) is 0. The van der Waals surface area contributed by atoms with Crippen LogP contribution in [-0.2, 0) is 13.5 Å². The minimum Gasteiger partial charge on any atom is -0.313 e. The van der Waals surface area contributed by atoms with Crippen molar-refractivity contribution in [2.75, 3.05) is 7.05 Å². The lowest BCUT2D eigenvalue weighted by Gasteiger charge is -2.17. The van der Waals surface area contributed by atoms with Crippen LogP contribution in [0.1, 0.15) is 23.7 Å². The lowest BCUT2D eigenvalue weighted by molar-refractivity contribution is 0.536. The van der Waals surface area contributed by atoms with Crippen LogP contribution in [-0.4, -0.2) is 16.8 Å². The predicted octanol–water partition coefficient (Wildman–Crippen LogP) is 3.47. The van der Waals surface area contributed by atoms with Crippen molar-refractivity contribution in [3.05, 3.63) is 66.0 Å². The zero-order chi connectivity index (χ0) is 14.7. The van der Waals surface area contributed by atoms with Gasteiger partial charge in [0.05, 0.1) is 0 Å². The lowest BCUT2D eigenvalue weighted by atomic mass is 9.98. The van der Waals surface area contributed by atoms with Crippen LogP contribution >= 0.6 is 0 Å². The molecule has 0 radical (unpaired) electrons. The van der Waals surface area contributed by atoms with Gasteiger partial charge in [0.2, 0.25) is 0 Å². The van der Waals surface area contributed by atoms with Crippen molar-refractivity contribution < 1.29 is 0 Å². The van der Waals surface area contributed by atoms with Gasteiger partial charge in [0, 0.05) is 25.0 Å². The molecule has 0 aliphatic heterocycles. The average molecular weight is 279 g/mol. The van der Waals surface area contributed by atoms with Crippen LogP contribution in [0.4, 0.5) is 0 Å². The van der Waals surface area contributed by atoms with Crippen molar-refractivity contribution in [3.8, 4) is 0 Å². The molecule has 1 N–H and O–H groups in total. The number of fused-ring (bicyclic) bond motifs is 1. The van der Waals surface area contributed by atoms with Crippen LogP contribution in [0, 0.1) is 0 Å². The molecule has 0 bridgehead atoms. The zero-order valence-electron chi connectivity index (χ0n) is 12.6. The van der Waals surface area contributed by atoms with E-state index in [4.69, 9.17) is 0 Å². The molecule has 108 valence electrons. The first-order valence-electron chi connectivity index (χ1n) is 7.41. The highest BCUT2D eigenvalue weighted by molar-refractivity contribution is 5.83. The summed E-state index contributed by atoms with van der Waals surface area (Å²) in [6.07, 6.45) is 3.95. The molecule has 1 aromatic heterocycles. The van der Waals surface area contributed by atoms with Gasteiger partial charge >= 0.3 is 0 Å². The number of benzene rings is 2. The second-order valence-corrected chi connectivity index (χ2v) is 5.43. The quantitative estimate of drug-likeness (QED) is 0.775. The molecule has 2 aromatic carbocycles. The molecule has 1 atom stereocenters. The minimum absolute atomic E-state index is 0.365. The first-order valence-corrected chi connectivity index (χ1v) is 7.41. The lowest BCUT2D eigenvalue weighted by Crippen LogP contribution is -2.17. The number of aryl methyl sites for hydroxylation is 2. The first kappa shape index (κ1) is 13.8. The maximum absolute atomic E-state index is 4.23. The van der Waals surface area contributed by atoms with Crippen LogP contribution < -0.4 is 5.32 Å². The molecule has 1 unspecified atom stereocenters. The van der Waals surface area contributed by atoms with Gasteiger partial charge in [-0.05, 0) is 48.4 Å². The van der Waals surface area contributed by atoms with Gasteiger partial charge in [-0.2, -0.15) is 5.10 Å². The highest BCUT2D eigenvalue weighted by Crippen LogP contribution is 2.23. The molecule has 3 nitrogen and oxygen atoms in total. The number of aromatic nitrogens is 2. The Balaban J connectivity index is 1.79. The van der Waals surface area contributed by atoms with Crippen molar-refractivity contribution in [3.63, 3.8) is 0 Å². The Kier molecular flexibility index (Phi) is 4.02. The third kappa shape index (κ3) is 2.98. The number of hydrogen-bond donors (Lipinski definition) is 1. The molecular formula is C18H21N3. The third-order valence-corrected chi connectivity index (χ3v) is 4.14. The van der Waals surface area contributed by atoms with E-state index in [0.717, 1.165) is 12.8 Å². The van der Waals surface area contributed by atoms with Crippen LogP contribution in [0.2, 0.25) is 0 Å². The van der Waals surface area contributed by atoms with E-state index in [1.807, 2.05) is 25.0 Å². The Morgan fingerprint density at radius 2 is 1.90 bits per heavy atom. The van der Waals surface area contributed by atoms with Gasteiger partial charge < -0.3 is 5.32 Å². The van der Waals surface area contributed by atoms with Gasteiger partial charge in [-0.1, -0.05) is 36.4 Å². The Hall–Kier alpha value is -2.13. The fraction of sp³-hybridized carbons (Fsp3) is 0.278. The summed E-state index contributed by atoms with van der Waals surface area (Å²) in [5, 5.41) is 10.3. The van der Waals surface area contributed by atoms with Crippen molar-refractivity contribution in [2.45, 2.75) is 18.9 Å². The van der Waals surface area contributed by atoms with Crippen LogP contribution in [0.25, 0.3) is 10.8 Å². The molecule has 3 aromatic rings. The highest BCUT2D eigenvalue weighted by atomic mass is 15.2. The van der Waals surface area contributed by atoms with E-state index in [9.17, 15) is 0 Å². The Labute approximate surface area is 125 Å². The van der Waals surface area contributed by atoms with Crippen molar-refractivity contribution in [2.24, 2.45) is 7.05 Å². The molecule has 0 amide bonds. The summed E-state index contributed by atoms with van der Waals surface area (Å²) >= 11 is 0. The number of rotatable bonds is 5. The molecule has 0 saturated carbocycles. The van der Waals surface area contributed by atoms with Crippen LogP contribution in [0.3, 0.4) is 0 Å². The Morgan fingerprint density at radius 1 is 1.10 bits per heavy atom. The molecule has 3 rings (SSSR count). The predicted molar refractivity (Wildman–Crippen MR) is 87.3 cm³/mol. The summed E-state index contributed by atoms with van der Waals surface area (Å²) in [5.41, 5.74) is 2.62. The maximum Gasteiger partial charge on any atom is 0.0492 e. The Morgan fingerprint density at radius 3 is 2.62 bits per heavy atom. The van der Waals surface area contributed by atoms with Crippen molar-refractivity contribution >= 4 is 10.8 Å². The smallest absolute Gasteiger partial charge is 0.0492 e. The van der Waals surface area contributed by atoms with Gasteiger partial charge in [0.25, 0.3) is 0 Å². The van der Waals surface area contributed by atoms with E-state index in [1.54, 1.807) is 0 Å².